The number of hydrogen-bond donors (Lipinski definition) is 1. The molecule has 0 atom stereocenters. The lowest BCUT2D eigenvalue weighted by Crippen LogP contribution is -2.52. The molecule has 9 heteroatoms. The summed E-state index contributed by atoms with van der Waals surface area (Å²) in [5.74, 6) is 0. The highest BCUT2D eigenvalue weighted by Gasteiger charge is 2.30. The van der Waals surface area contributed by atoms with E-state index in [0.29, 0.717) is 36.9 Å². The highest BCUT2D eigenvalue weighted by Crippen LogP contribution is 2.21. The van der Waals surface area contributed by atoms with E-state index in [1.807, 2.05) is 12.1 Å². The standard InChI is InChI=1S/C15H18N4O3S2/c20-15(17-12-13-3-1-5-16-11-13)18-6-8-19(9-7-18)24(21,22)14-4-2-10-23-14/h1-5,10-11H,6-9,12H2,(H,17,20). The number of amides is 2. The summed E-state index contributed by atoms with van der Waals surface area (Å²) in [4.78, 5) is 17.8. The molecule has 0 radical (unpaired) electrons. The Morgan fingerprint density at radius 2 is 2.00 bits per heavy atom. The second-order valence-corrected chi connectivity index (χ2v) is 8.46. The summed E-state index contributed by atoms with van der Waals surface area (Å²) >= 11 is 1.21. The van der Waals surface area contributed by atoms with E-state index in [4.69, 9.17) is 0 Å². The maximum absolute atomic E-state index is 12.4. The van der Waals surface area contributed by atoms with Crippen LogP contribution in [0.5, 0.6) is 0 Å². The third kappa shape index (κ3) is 3.74. The summed E-state index contributed by atoms with van der Waals surface area (Å²) < 4.78 is 26.7. The van der Waals surface area contributed by atoms with Gasteiger partial charge < -0.3 is 10.2 Å². The molecule has 0 bridgehead atoms. The van der Waals surface area contributed by atoms with Crippen LogP contribution in [0.1, 0.15) is 5.56 Å². The number of thiophene rings is 1. The Labute approximate surface area is 145 Å². The monoisotopic (exact) mass is 366 g/mol. The predicted octanol–water partition coefficient (Wildman–Crippen LogP) is 1.36. The van der Waals surface area contributed by atoms with Gasteiger partial charge in [-0.05, 0) is 23.1 Å². The van der Waals surface area contributed by atoms with Crippen molar-refractivity contribution < 1.29 is 13.2 Å². The van der Waals surface area contributed by atoms with E-state index in [2.05, 4.69) is 10.3 Å². The van der Waals surface area contributed by atoms with Crippen molar-refractivity contribution in [2.45, 2.75) is 10.8 Å². The van der Waals surface area contributed by atoms with Crippen LogP contribution in [0.15, 0.2) is 46.2 Å². The van der Waals surface area contributed by atoms with Gasteiger partial charge in [0.25, 0.3) is 10.0 Å². The van der Waals surface area contributed by atoms with Crippen LogP contribution in [-0.2, 0) is 16.6 Å². The van der Waals surface area contributed by atoms with Gasteiger partial charge >= 0.3 is 6.03 Å². The maximum atomic E-state index is 12.4. The molecule has 0 aliphatic carbocycles. The largest absolute Gasteiger partial charge is 0.334 e. The number of aromatic nitrogens is 1. The smallest absolute Gasteiger partial charge is 0.317 e. The molecule has 2 amide bonds. The minimum atomic E-state index is -3.44. The zero-order valence-corrected chi connectivity index (χ0v) is 14.6. The molecule has 1 aliphatic heterocycles. The summed E-state index contributed by atoms with van der Waals surface area (Å²) in [6.45, 7) is 1.77. The number of nitrogens with one attached hydrogen (secondary N) is 1. The van der Waals surface area contributed by atoms with Gasteiger partial charge in [0.2, 0.25) is 0 Å². The van der Waals surface area contributed by atoms with Crippen LogP contribution in [0.2, 0.25) is 0 Å². The number of piperazine rings is 1. The first-order valence-electron chi connectivity index (χ1n) is 7.53. The van der Waals surface area contributed by atoms with Crippen molar-refractivity contribution in [3.05, 3.63) is 47.6 Å². The Bertz CT molecular complexity index is 770. The lowest BCUT2D eigenvalue weighted by atomic mass is 10.3. The Kier molecular flexibility index (Phi) is 5.12. The Hall–Kier alpha value is -1.97. The minimum Gasteiger partial charge on any atom is -0.334 e. The Morgan fingerprint density at radius 3 is 2.62 bits per heavy atom. The van der Waals surface area contributed by atoms with E-state index in [1.165, 1.54) is 15.6 Å². The van der Waals surface area contributed by atoms with Crippen molar-refractivity contribution >= 4 is 27.4 Å². The first-order valence-corrected chi connectivity index (χ1v) is 9.85. The fourth-order valence-corrected chi connectivity index (χ4v) is 5.03. The molecule has 1 saturated heterocycles. The number of pyridine rings is 1. The van der Waals surface area contributed by atoms with Crippen molar-refractivity contribution in [3.63, 3.8) is 0 Å². The zero-order chi connectivity index (χ0) is 17.0. The van der Waals surface area contributed by atoms with Crippen LogP contribution < -0.4 is 5.32 Å². The van der Waals surface area contributed by atoms with Gasteiger partial charge in [-0.15, -0.1) is 11.3 Å². The van der Waals surface area contributed by atoms with Crippen LogP contribution in [0, 0.1) is 0 Å². The Morgan fingerprint density at radius 1 is 1.21 bits per heavy atom. The van der Waals surface area contributed by atoms with Gasteiger partial charge in [0.15, 0.2) is 0 Å². The minimum absolute atomic E-state index is 0.188. The maximum Gasteiger partial charge on any atom is 0.317 e. The number of sulfonamides is 1. The SMILES string of the molecule is O=C(NCc1cccnc1)N1CCN(S(=O)(=O)c2cccs2)CC1. The van der Waals surface area contributed by atoms with Crippen molar-refractivity contribution in [2.24, 2.45) is 0 Å². The molecular weight excluding hydrogens is 348 g/mol. The summed E-state index contributed by atoms with van der Waals surface area (Å²) in [6.07, 6.45) is 3.38. The van der Waals surface area contributed by atoms with E-state index in [0.717, 1.165) is 5.56 Å². The van der Waals surface area contributed by atoms with Gasteiger partial charge in [0, 0.05) is 45.1 Å². The van der Waals surface area contributed by atoms with Crippen molar-refractivity contribution in [1.29, 1.82) is 0 Å². The molecule has 1 fully saturated rings. The molecule has 0 aromatic carbocycles. The molecule has 128 valence electrons. The zero-order valence-electron chi connectivity index (χ0n) is 13.0. The molecule has 1 aliphatic rings. The molecule has 1 N–H and O–H groups in total. The van der Waals surface area contributed by atoms with Gasteiger partial charge in [-0.2, -0.15) is 4.31 Å². The van der Waals surface area contributed by atoms with E-state index < -0.39 is 10.0 Å². The van der Waals surface area contributed by atoms with Crippen LogP contribution in [0.3, 0.4) is 0 Å². The number of rotatable bonds is 4. The number of carbonyl (C=O) groups is 1. The molecule has 0 saturated carbocycles. The second kappa shape index (κ2) is 7.29. The molecule has 0 spiro atoms. The molecule has 7 nitrogen and oxygen atoms in total. The van der Waals surface area contributed by atoms with Gasteiger partial charge in [-0.1, -0.05) is 12.1 Å². The Balaban J connectivity index is 1.52. The number of carbonyl (C=O) groups excluding carboxylic acids is 1. The normalized spacial score (nSPS) is 16.1. The summed E-state index contributed by atoms with van der Waals surface area (Å²) in [5.41, 5.74) is 0.921. The third-order valence-electron chi connectivity index (χ3n) is 3.78. The van der Waals surface area contributed by atoms with Crippen LogP contribution in [0.4, 0.5) is 4.79 Å². The van der Waals surface area contributed by atoms with E-state index >= 15 is 0 Å². The summed E-state index contributed by atoms with van der Waals surface area (Å²) in [6, 6.07) is 6.84. The van der Waals surface area contributed by atoms with Gasteiger partial charge in [0.1, 0.15) is 4.21 Å². The van der Waals surface area contributed by atoms with Gasteiger partial charge in [0.05, 0.1) is 0 Å². The second-order valence-electron chi connectivity index (χ2n) is 5.34. The van der Waals surface area contributed by atoms with E-state index in [9.17, 15) is 13.2 Å². The summed E-state index contributed by atoms with van der Waals surface area (Å²) in [7, 11) is -3.44. The predicted molar refractivity (Wildman–Crippen MR) is 91.1 cm³/mol. The molecule has 2 aromatic rings. The number of urea groups is 1. The van der Waals surface area contributed by atoms with Crippen molar-refractivity contribution in [2.75, 3.05) is 26.2 Å². The molecule has 3 rings (SSSR count). The van der Waals surface area contributed by atoms with Crippen LogP contribution >= 0.6 is 11.3 Å². The highest BCUT2D eigenvalue weighted by atomic mass is 32.2. The van der Waals surface area contributed by atoms with E-state index in [1.54, 1.807) is 34.8 Å². The molecule has 24 heavy (non-hydrogen) atoms. The van der Waals surface area contributed by atoms with Crippen molar-refractivity contribution in [3.8, 4) is 0 Å². The fourth-order valence-electron chi connectivity index (χ4n) is 2.46. The molecular formula is C15H18N4O3S2. The average Bonchev–Trinajstić information content (AvgIpc) is 3.16. The summed E-state index contributed by atoms with van der Waals surface area (Å²) in [5, 5.41) is 4.58. The molecule has 2 aromatic heterocycles. The van der Waals surface area contributed by atoms with Crippen LogP contribution in [0.25, 0.3) is 0 Å². The quantitative estimate of drug-likeness (QED) is 0.886. The number of nitrogens with zero attached hydrogens (tertiary/aromatic N) is 3. The fraction of sp³-hybridized carbons (Fsp3) is 0.333. The van der Waals surface area contributed by atoms with Gasteiger partial charge in [-0.25, -0.2) is 13.2 Å². The van der Waals surface area contributed by atoms with Gasteiger partial charge in [-0.3, -0.25) is 4.98 Å². The first kappa shape index (κ1) is 16.9. The number of hydrogen-bond acceptors (Lipinski definition) is 5. The topological polar surface area (TPSA) is 82.6 Å². The molecule has 3 heterocycles. The van der Waals surface area contributed by atoms with Crippen LogP contribution in [-0.4, -0.2) is 54.8 Å². The van der Waals surface area contributed by atoms with Crippen molar-refractivity contribution in [1.82, 2.24) is 19.5 Å². The average molecular weight is 366 g/mol. The molecule has 0 unspecified atom stereocenters. The lowest BCUT2D eigenvalue weighted by molar-refractivity contribution is 0.172. The highest BCUT2D eigenvalue weighted by molar-refractivity contribution is 7.91. The lowest BCUT2D eigenvalue weighted by Gasteiger charge is -2.33. The third-order valence-corrected chi connectivity index (χ3v) is 7.05. The van der Waals surface area contributed by atoms with E-state index in [-0.39, 0.29) is 6.03 Å². The first-order chi connectivity index (χ1) is 11.6.